The zero-order valence-corrected chi connectivity index (χ0v) is 14.7. The number of aryl methyl sites for hydroxylation is 1. The van der Waals surface area contributed by atoms with E-state index in [2.05, 4.69) is 16.0 Å². The SMILES string of the molecule is C#CCn1c(=NC(=O)c2cc(C)n(C(C)C)n2)sc2ccccc21. The number of hydrogen-bond acceptors (Lipinski definition) is 3. The number of thiazole rings is 1. The largest absolute Gasteiger partial charge is 0.305 e. The monoisotopic (exact) mass is 338 g/mol. The summed E-state index contributed by atoms with van der Waals surface area (Å²) >= 11 is 1.45. The van der Waals surface area contributed by atoms with Gasteiger partial charge in [-0.25, -0.2) is 0 Å². The number of amides is 1. The molecule has 6 heteroatoms. The van der Waals surface area contributed by atoms with Crippen molar-refractivity contribution in [1.82, 2.24) is 14.3 Å². The number of carbonyl (C=O) groups excluding carboxylic acids is 1. The van der Waals surface area contributed by atoms with Gasteiger partial charge in [0.1, 0.15) is 0 Å². The normalized spacial score (nSPS) is 12.0. The van der Waals surface area contributed by atoms with Gasteiger partial charge in [0.25, 0.3) is 5.91 Å². The molecule has 0 atom stereocenters. The molecule has 122 valence electrons. The van der Waals surface area contributed by atoms with Crippen LogP contribution in [0, 0.1) is 19.3 Å². The van der Waals surface area contributed by atoms with E-state index in [1.165, 1.54) is 11.3 Å². The fourth-order valence-electron chi connectivity index (χ4n) is 2.61. The second-order valence-corrected chi connectivity index (χ2v) is 6.78. The van der Waals surface area contributed by atoms with Crippen LogP contribution in [0.4, 0.5) is 0 Å². The van der Waals surface area contributed by atoms with Crippen molar-refractivity contribution in [3.05, 3.63) is 46.5 Å². The van der Waals surface area contributed by atoms with Gasteiger partial charge in [0.2, 0.25) is 0 Å². The molecule has 0 radical (unpaired) electrons. The number of nitrogens with zero attached hydrogens (tertiary/aromatic N) is 4. The number of benzene rings is 1. The molecule has 2 heterocycles. The number of fused-ring (bicyclic) bond motifs is 1. The van der Waals surface area contributed by atoms with E-state index < -0.39 is 0 Å². The molecule has 0 fully saturated rings. The van der Waals surface area contributed by atoms with Gasteiger partial charge in [-0.1, -0.05) is 29.4 Å². The minimum absolute atomic E-state index is 0.197. The number of terminal acetylenes is 1. The Morgan fingerprint density at radius 3 is 2.83 bits per heavy atom. The average Bonchev–Trinajstić information content (AvgIpc) is 3.09. The van der Waals surface area contributed by atoms with E-state index in [4.69, 9.17) is 6.42 Å². The van der Waals surface area contributed by atoms with Crippen LogP contribution >= 0.6 is 11.3 Å². The summed E-state index contributed by atoms with van der Waals surface area (Å²) in [5, 5.41) is 4.36. The highest BCUT2D eigenvalue weighted by Gasteiger charge is 2.14. The second kappa shape index (κ2) is 6.46. The number of carbonyl (C=O) groups is 1. The maximum atomic E-state index is 12.5. The molecule has 0 saturated carbocycles. The third kappa shape index (κ3) is 2.91. The average molecular weight is 338 g/mol. The number of aromatic nitrogens is 3. The molecule has 0 aliphatic heterocycles. The van der Waals surface area contributed by atoms with Crippen molar-refractivity contribution in [3.63, 3.8) is 0 Å². The lowest BCUT2D eigenvalue weighted by Crippen LogP contribution is -2.16. The van der Waals surface area contributed by atoms with E-state index in [1.807, 2.05) is 54.3 Å². The number of para-hydroxylation sites is 1. The van der Waals surface area contributed by atoms with Crippen molar-refractivity contribution in [2.24, 2.45) is 4.99 Å². The quantitative estimate of drug-likeness (QED) is 0.689. The smallest absolute Gasteiger partial charge is 0.300 e. The first-order valence-corrected chi connectivity index (χ1v) is 8.50. The van der Waals surface area contributed by atoms with Crippen LogP contribution < -0.4 is 4.80 Å². The maximum absolute atomic E-state index is 12.5. The summed E-state index contributed by atoms with van der Waals surface area (Å²) in [4.78, 5) is 17.4. The summed E-state index contributed by atoms with van der Waals surface area (Å²) in [6.07, 6.45) is 5.47. The molecule has 3 rings (SSSR count). The van der Waals surface area contributed by atoms with Crippen LogP contribution in [0.15, 0.2) is 35.3 Å². The van der Waals surface area contributed by atoms with E-state index in [0.717, 1.165) is 15.9 Å². The van der Waals surface area contributed by atoms with E-state index in [0.29, 0.717) is 17.0 Å². The highest BCUT2D eigenvalue weighted by Crippen LogP contribution is 2.17. The van der Waals surface area contributed by atoms with E-state index >= 15 is 0 Å². The third-order valence-electron chi connectivity index (χ3n) is 3.67. The summed E-state index contributed by atoms with van der Waals surface area (Å²) in [5.74, 6) is 2.27. The van der Waals surface area contributed by atoms with Crippen LogP contribution in [0.1, 0.15) is 36.1 Å². The standard InChI is InChI=1S/C18H18N4OS/c1-5-10-21-15-8-6-7-9-16(15)24-18(21)19-17(23)14-11-13(4)22(20-14)12(2)3/h1,6-9,11-12H,10H2,2-4H3. The number of hydrogen-bond donors (Lipinski definition) is 0. The van der Waals surface area contributed by atoms with Crippen molar-refractivity contribution < 1.29 is 4.79 Å². The minimum Gasteiger partial charge on any atom is -0.305 e. The zero-order chi connectivity index (χ0) is 17.3. The summed E-state index contributed by atoms with van der Waals surface area (Å²) in [5.41, 5.74) is 2.28. The van der Waals surface area contributed by atoms with Gasteiger partial charge in [0.15, 0.2) is 10.5 Å². The Morgan fingerprint density at radius 2 is 2.17 bits per heavy atom. The predicted octanol–water partition coefficient (Wildman–Crippen LogP) is 3.16. The first kappa shape index (κ1) is 16.2. The van der Waals surface area contributed by atoms with Gasteiger partial charge in [0.05, 0.1) is 16.8 Å². The van der Waals surface area contributed by atoms with Crippen LogP contribution in [0.3, 0.4) is 0 Å². The Bertz CT molecular complexity index is 1010. The molecule has 0 aliphatic rings. The van der Waals surface area contributed by atoms with E-state index in [1.54, 1.807) is 6.07 Å². The topological polar surface area (TPSA) is 52.2 Å². The zero-order valence-electron chi connectivity index (χ0n) is 13.9. The molecule has 1 amide bonds. The first-order chi connectivity index (χ1) is 11.5. The second-order valence-electron chi connectivity index (χ2n) is 5.77. The summed E-state index contributed by atoms with van der Waals surface area (Å²) < 4.78 is 4.75. The van der Waals surface area contributed by atoms with E-state index in [-0.39, 0.29) is 11.9 Å². The highest BCUT2D eigenvalue weighted by atomic mass is 32.1. The Hall–Kier alpha value is -2.65. The molecule has 0 saturated heterocycles. The van der Waals surface area contributed by atoms with Crippen LogP contribution in [0.25, 0.3) is 10.2 Å². The Morgan fingerprint density at radius 1 is 1.42 bits per heavy atom. The molecule has 0 aliphatic carbocycles. The molecule has 2 aromatic heterocycles. The van der Waals surface area contributed by atoms with Gasteiger partial charge in [-0.3, -0.25) is 9.48 Å². The van der Waals surface area contributed by atoms with Gasteiger partial charge in [-0.15, -0.1) is 6.42 Å². The van der Waals surface area contributed by atoms with Crippen LogP contribution in [0.5, 0.6) is 0 Å². The molecule has 0 unspecified atom stereocenters. The lowest BCUT2D eigenvalue weighted by molar-refractivity contribution is 0.0992. The fraction of sp³-hybridized carbons (Fsp3) is 0.278. The lowest BCUT2D eigenvalue weighted by Gasteiger charge is -2.06. The molecule has 0 spiro atoms. The van der Waals surface area contributed by atoms with Crippen molar-refractivity contribution in [2.45, 2.75) is 33.4 Å². The highest BCUT2D eigenvalue weighted by molar-refractivity contribution is 7.16. The molecule has 24 heavy (non-hydrogen) atoms. The molecule has 0 bridgehead atoms. The Labute approximate surface area is 144 Å². The van der Waals surface area contributed by atoms with Crippen LogP contribution in [-0.4, -0.2) is 20.3 Å². The van der Waals surface area contributed by atoms with Gasteiger partial charge in [-0.05, 0) is 39.0 Å². The van der Waals surface area contributed by atoms with Crippen LogP contribution in [-0.2, 0) is 6.54 Å². The summed E-state index contributed by atoms with van der Waals surface area (Å²) in [7, 11) is 0. The number of rotatable bonds is 3. The van der Waals surface area contributed by atoms with Crippen molar-refractivity contribution in [3.8, 4) is 12.3 Å². The first-order valence-electron chi connectivity index (χ1n) is 7.68. The molecule has 5 nitrogen and oxygen atoms in total. The van der Waals surface area contributed by atoms with Crippen molar-refractivity contribution in [1.29, 1.82) is 0 Å². The van der Waals surface area contributed by atoms with Gasteiger partial charge < -0.3 is 4.57 Å². The Balaban J connectivity index is 2.09. The minimum atomic E-state index is -0.352. The molecular weight excluding hydrogens is 320 g/mol. The van der Waals surface area contributed by atoms with Crippen molar-refractivity contribution >= 4 is 27.5 Å². The van der Waals surface area contributed by atoms with Crippen molar-refractivity contribution in [2.75, 3.05) is 0 Å². The molecule has 1 aromatic carbocycles. The van der Waals surface area contributed by atoms with Gasteiger partial charge in [-0.2, -0.15) is 10.1 Å². The molecule has 0 N–H and O–H groups in total. The van der Waals surface area contributed by atoms with Gasteiger partial charge >= 0.3 is 0 Å². The van der Waals surface area contributed by atoms with Crippen LogP contribution in [0.2, 0.25) is 0 Å². The van der Waals surface area contributed by atoms with Gasteiger partial charge in [0, 0.05) is 11.7 Å². The summed E-state index contributed by atoms with van der Waals surface area (Å²) in [6, 6.07) is 9.84. The molecule has 3 aromatic rings. The summed E-state index contributed by atoms with van der Waals surface area (Å²) in [6.45, 7) is 6.36. The fourth-order valence-corrected chi connectivity index (χ4v) is 3.64. The third-order valence-corrected chi connectivity index (χ3v) is 4.72. The molecular formula is C18H18N4OS. The predicted molar refractivity (Wildman–Crippen MR) is 95.9 cm³/mol. The lowest BCUT2D eigenvalue weighted by atomic mass is 10.3. The Kier molecular flexibility index (Phi) is 4.36. The maximum Gasteiger partial charge on any atom is 0.300 e. The van der Waals surface area contributed by atoms with E-state index in [9.17, 15) is 4.79 Å².